The van der Waals surface area contributed by atoms with Gasteiger partial charge in [0.05, 0.1) is 36.4 Å². The molecule has 1 aromatic heterocycles. The lowest BCUT2D eigenvalue weighted by molar-refractivity contribution is 0.354. The highest BCUT2D eigenvalue weighted by Gasteiger charge is 2.28. The summed E-state index contributed by atoms with van der Waals surface area (Å²) in [6.45, 7) is 2.33. The highest BCUT2D eigenvalue weighted by molar-refractivity contribution is 8.04. The van der Waals surface area contributed by atoms with Gasteiger partial charge in [-0.3, -0.25) is 9.11 Å². The summed E-state index contributed by atoms with van der Waals surface area (Å²) in [4.78, 5) is 3.85. The predicted molar refractivity (Wildman–Crippen MR) is 153 cm³/mol. The largest absolute Gasteiger partial charge is 0.493 e. The van der Waals surface area contributed by atoms with Crippen molar-refractivity contribution < 1.29 is 35.4 Å². The number of ether oxygens (including phenoxy) is 2. The van der Waals surface area contributed by atoms with Crippen LogP contribution in [-0.2, 0) is 26.7 Å². The average molecular weight is 600 g/mol. The van der Waals surface area contributed by atoms with Crippen LogP contribution in [0.1, 0.15) is 28.8 Å². The van der Waals surface area contributed by atoms with Crippen molar-refractivity contribution in [3.63, 3.8) is 0 Å². The maximum absolute atomic E-state index is 11.4. The molecule has 38 heavy (non-hydrogen) atoms. The van der Waals surface area contributed by atoms with Gasteiger partial charge in [0.25, 0.3) is 20.2 Å². The Kier molecular flexibility index (Phi) is 8.65. The Labute approximate surface area is 230 Å². The molecule has 0 aliphatic carbocycles. The molecule has 206 valence electrons. The fourth-order valence-electron chi connectivity index (χ4n) is 4.37. The van der Waals surface area contributed by atoms with Crippen LogP contribution in [0.25, 0.3) is 16.2 Å². The molecule has 0 fully saturated rings. The second kappa shape index (κ2) is 11.4. The van der Waals surface area contributed by atoms with Crippen molar-refractivity contribution in [2.24, 2.45) is 0 Å². The number of benzene rings is 2. The highest BCUT2D eigenvalue weighted by atomic mass is 32.2. The summed E-state index contributed by atoms with van der Waals surface area (Å²) in [6.07, 6.45) is 2.97. The lowest BCUT2D eigenvalue weighted by atomic mass is 10.0. The van der Waals surface area contributed by atoms with Crippen LogP contribution in [0.15, 0.2) is 40.3 Å². The summed E-state index contributed by atoms with van der Waals surface area (Å²) >= 11 is 3.09. The molecule has 0 unspecified atom stereocenters. The molecule has 0 amide bonds. The number of aryl methyl sites for hydroxylation is 2. The zero-order chi connectivity index (χ0) is 27.7. The van der Waals surface area contributed by atoms with Gasteiger partial charge in [-0.2, -0.15) is 16.8 Å². The first-order valence-corrected chi connectivity index (χ1v) is 16.6. The summed E-state index contributed by atoms with van der Waals surface area (Å²) < 4.78 is 75.9. The number of nitrogens with zero attached hydrogens (tertiary/aromatic N) is 1. The molecule has 1 aliphatic rings. The van der Waals surface area contributed by atoms with Crippen molar-refractivity contribution in [1.29, 1.82) is 0 Å². The molecule has 13 heteroatoms. The van der Waals surface area contributed by atoms with Gasteiger partial charge in [0.2, 0.25) is 0 Å². The maximum Gasteiger partial charge on any atom is 0.264 e. The SMILES string of the molecule is COc1cc2c(cc1OC)N(CCCS(=O)(=O)O)/C(=C/c1sc3ccc(C)cc3c1CCCS(=O)(=O)O)S2. The van der Waals surface area contributed by atoms with E-state index in [9.17, 15) is 25.9 Å². The molecule has 1 aliphatic heterocycles. The lowest BCUT2D eigenvalue weighted by Crippen LogP contribution is -2.21. The zero-order valence-corrected chi connectivity index (χ0v) is 24.4. The van der Waals surface area contributed by atoms with Crippen LogP contribution in [0, 0.1) is 6.92 Å². The Morgan fingerprint density at radius 2 is 1.61 bits per heavy atom. The molecule has 0 atom stereocenters. The average Bonchev–Trinajstić information content (AvgIpc) is 3.33. The molecule has 0 spiro atoms. The third kappa shape index (κ3) is 6.82. The van der Waals surface area contributed by atoms with Crippen molar-refractivity contribution in [2.45, 2.75) is 31.1 Å². The number of thioether (sulfide) groups is 1. The quantitative estimate of drug-likeness (QED) is 0.282. The van der Waals surface area contributed by atoms with Gasteiger partial charge < -0.3 is 14.4 Å². The number of methoxy groups -OCH3 is 2. The van der Waals surface area contributed by atoms with Gasteiger partial charge in [0, 0.05) is 33.2 Å². The predicted octanol–water partition coefficient (Wildman–Crippen LogP) is 5.24. The molecular formula is C25H29NO8S4. The molecule has 2 heterocycles. The van der Waals surface area contributed by atoms with Crippen LogP contribution >= 0.6 is 23.1 Å². The number of fused-ring (bicyclic) bond motifs is 2. The van der Waals surface area contributed by atoms with E-state index in [1.54, 1.807) is 25.6 Å². The first kappa shape index (κ1) is 28.7. The van der Waals surface area contributed by atoms with E-state index < -0.39 is 20.2 Å². The summed E-state index contributed by atoms with van der Waals surface area (Å²) in [7, 11) is -5.08. The fraction of sp³-hybridized carbons (Fsp3) is 0.360. The number of anilines is 1. The summed E-state index contributed by atoms with van der Waals surface area (Å²) in [5.74, 6) is 0.415. The van der Waals surface area contributed by atoms with Crippen LogP contribution in [-0.4, -0.2) is 58.2 Å². The van der Waals surface area contributed by atoms with E-state index >= 15 is 0 Å². The van der Waals surface area contributed by atoms with E-state index in [2.05, 4.69) is 6.07 Å². The standard InChI is InChI=1S/C25H29NO8S4/c1-16-7-8-22-18(12-16)17(6-4-10-37(27,28)29)23(35-22)15-25-26(9-5-11-38(30,31)32)19-13-20(33-2)21(34-3)14-24(19)36-25/h7-8,12-15H,4-6,9-11H2,1-3H3,(H,27,28,29)(H,30,31,32)/b25-15-. The van der Waals surface area contributed by atoms with Crippen LogP contribution < -0.4 is 14.4 Å². The van der Waals surface area contributed by atoms with Crippen molar-refractivity contribution in [3.8, 4) is 11.5 Å². The number of thiophene rings is 1. The van der Waals surface area contributed by atoms with Crippen LogP contribution in [0.3, 0.4) is 0 Å². The van der Waals surface area contributed by atoms with Crippen molar-refractivity contribution in [1.82, 2.24) is 0 Å². The minimum atomic E-state index is -4.11. The molecule has 0 saturated heterocycles. The maximum atomic E-state index is 11.4. The van der Waals surface area contributed by atoms with Gasteiger partial charge in [-0.15, -0.1) is 11.3 Å². The minimum Gasteiger partial charge on any atom is -0.493 e. The minimum absolute atomic E-state index is 0.206. The summed E-state index contributed by atoms with van der Waals surface area (Å²) in [5, 5.41) is 1.89. The molecule has 0 saturated carbocycles. The molecule has 4 rings (SSSR count). The van der Waals surface area contributed by atoms with Crippen LogP contribution in [0.5, 0.6) is 11.5 Å². The summed E-state index contributed by atoms with van der Waals surface area (Å²) in [6, 6.07) is 9.86. The van der Waals surface area contributed by atoms with Crippen LogP contribution in [0.4, 0.5) is 5.69 Å². The van der Waals surface area contributed by atoms with E-state index in [1.165, 1.54) is 11.8 Å². The highest BCUT2D eigenvalue weighted by Crippen LogP contribution is 2.51. The third-order valence-electron chi connectivity index (χ3n) is 6.08. The smallest absolute Gasteiger partial charge is 0.264 e. The van der Waals surface area contributed by atoms with Gasteiger partial charge in [-0.05, 0) is 49.3 Å². The van der Waals surface area contributed by atoms with E-state index in [4.69, 9.17) is 9.47 Å². The second-order valence-electron chi connectivity index (χ2n) is 8.88. The molecule has 2 aromatic carbocycles. The number of hydrogen-bond donors (Lipinski definition) is 2. The fourth-order valence-corrected chi connectivity index (χ4v) is 7.76. The molecule has 2 N–H and O–H groups in total. The lowest BCUT2D eigenvalue weighted by Gasteiger charge is -2.21. The van der Waals surface area contributed by atoms with Gasteiger partial charge in [-0.1, -0.05) is 29.5 Å². The molecule has 0 radical (unpaired) electrons. The van der Waals surface area contributed by atoms with E-state index in [1.807, 2.05) is 42.2 Å². The molecule has 0 bridgehead atoms. The Hall–Kier alpha value is -2.29. The molecule has 9 nitrogen and oxygen atoms in total. The van der Waals surface area contributed by atoms with E-state index in [0.717, 1.165) is 41.7 Å². The van der Waals surface area contributed by atoms with Gasteiger partial charge >= 0.3 is 0 Å². The molecular weight excluding hydrogens is 571 g/mol. The van der Waals surface area contributed by atoms with Gasteiger partial charge in [-0.25, -0.2) is 0 Å². The zero-order valence-electron chi connectivity index (χ0n) is 21.1. The second-order valence-corrected chi connectivity index (χ2v) is 14.2. The van der Waals surface area contributed by atoms with Crippen molar-refractivity contribution in [3.05, 3.63) is 51.4 Å². The number of rotatable bonds is 11. The Morgan fingerprint density at radius 3 is 2.26 bits per heavy atom. The first-order valence-electron chi connectivity index (χ1n) is 11.7. The Balaban J connectivity index is 1.77. The Morgan fingerprint density at radius 1 is 0.947 bits per heavy atom. The van der Waals surface area contributed by atoms with E-state index in [0.29, 0.717) is 24.5 Å². The first-order chi connectivity index (χ1) is 17.9. The monoisotopic (exact) mass is 599 g/mol. The van der Waals surface area contributed by atoms with Crippen LogP contribution in [0.2, 0.25) is 0 Å². The van der Waals surface area contributed by atoms with E-state index in [-0.39, 0.29) is 24.3 Å². The van der Waals surface area contributed by atoms with Crippen molar-refractivity contribution in [2.75, 3.05) is 37.2 Å². The van der Waals surface area contributed by atoms with Gasteiger partial charge in [0.15, 0.2) is 11.5 Å². The number of hydrogen-bond acceptors (Lipinski definition) is 9. The normalized spacial score (nSPS) is 14.9. The Bertz CT molecular complexity index is 1590. The topological polar surface area (TPSA) is 130 Å². The summed E-state index contributed by atoms with van der Waals surface area (Å²) in [5.41, 5.74) is 2.91. The van der Waals surface area contributed by atoms with Crippen molar-refractivity contribution >= 4 is 65.2 Å². The third-order valence-corrected chi connectivity index (χ3v) is 9.95. The molecule has 3 aromatic rings. The van der Waals surface area contributed by atoms with Gasteiger partial charge in [0.1, 0.15) is 0 Å².